The zero-order chi connectivity index (χ0) is 13.6. The van der Waals surface area contributed by atoms with Crippen molar-refractivity contribution in [3.8, 4) is 0 Å². The number of benzene rings is 1. The maximum atomic E-state index is 12.0. The summed E-state index contributed by atoms with van der Waals surface area (Å²) in [6, 6.07) is 14.3. The van der Waals surface area contributed by atoms with Crippen LogP contribution in [0.2, 0.25) is 0 Å². The van der Waals surface area contributed by atoms with Crippen LogP contribution < -0.4 is 0 Å². The zero-order valence-electron chi connectivity index (χ0n) is 10.4. The van der Waals surface area contributed by atoms with Crippen LogP contribution in [0.3, 0.4) is 0 Å². The molecule has 0 aliphatic carbocycles. The Labute approximate surface area is 118 Å². The summed E-state index contributed by atoms with van der Waals surface area (Å²) < 4.78 is 24.0. The average Bonchev–Trinajstić information content (AvgIpc) is 2.46. The lowest BCUT2D eigenvalue weighted by molar-refractivity contribution is 0.595. The lowest BCUT2D eigenvalue weighted by atomic mass is 10.4. The fourth-order valence-electron chi connectivity index (χ4n) is 1.60. The molecule has 3 nitrogen and oxygen atoms in total. The molecule has 0 aliphatic heterocycles. The van der Waals surface area contributed by atoms with E-state index in [4.69, 9.17) is 0 Å². The number of nitrogens with zero attached hydrogens (tertiary/aromatic N) is 1. The Morgan fingerprint density at radius 2 is 1.74 bits per heavy atom. The Balaban J connectivity index is 1.83. The molecular weight excluding hydrogens is 278 g/mol. The molecule has 100 valence electrons. The summed E-state index contributed by atoms with van der Waals surface area (Å²) in [5.74, 6) is 0.930. The highest BCUT2D eigenvalue weighted by Gasteiger charge is 2.12. The highest BCUT2D eigenvalue weighted by Crippen LogP contribution is 2.17. The van der Waals surface area contributed by atoms with Crippen LogP contribution >= 0.6 is 11.8 Å². The summed E-state index contributed by atoms with van der Waals surface area (Å²) in [7, 11) is -3.15. The third-order valence-corrected chi connectivity index (χ3v) is 5.39. The lowest BCUT2D eigenvalue weighted by Gasteiger charge is -2.04. The highest BCUT2D eigenvalue weighted by atomic mass is 32.2. The van der Waals surface area contributed by atoms with Gasteiger partial charge in [0.2, 0.25) is 0 Å². The van der Waals surface area contributed by atoms with Crippen molar-refractivity contribution < 1.29 is 8.42 Å². The molecule has 0 unspecified atom stereocenters. The minimum Gasteiger partial charge on any atom is -0.250 e. The van der Waals surface area contributed by atoms with E-state index in [1.54, 1.807) is 42.2 Å². The Kier molecular flexibility index (Phi) is 4.99. The van der Waals surface area contributed by atoms with E-state index in [9.17, 15) is 8.42 Å². The van der Waals surface area contributed by atoms with Crippen molar-refractivity contribution >= 4 is 21.6 Å². The van der Waals surface area contributed by atoms with Gasteiger partial charge >= 0.3 is 0 Å². The van der Waals surface area contributed by atoms with E-state index >= 15 is 0 Å². The van der Waals surface area contributed by atoms with Gasteiger partial charge < -0.3 is 0 Å². The number of aromatic nitrogens is 1. The first kappa shape index (κ1) is 14.1. The molecular formula is C14H15NO2S2. The van der Waals surface area contributed by atoms with Crippen molar-refractivity contribution in [3.63, 3.8) is 0 Å². The quantitative estimate of drug-likeness (QED) is 0.606. The van der Waals surface area contributed by atoms with Gasteiger partial charge in [0.05, 0.1) is 15.7 Å². The summed E-state index contributed by atoms with van der Waals surface area (Å²) >= 11 is 1.58. The van der Waals surface area contributed by atoms with Gasteiger partial charge in [-0.1, -0.05) is 24.3 Å². The van der Waals surface area contributed by atoms with Crippen LogP contribution in [0.15, 0.2) is 64.6 Å². The second-order valence-electron chi connectivity index (χ2n) is 4.00. The van der Waals surface area contributed by atoms with E-state index < -0.39 is 9.84 Å². The standard InChI is InChI=1S/C14H15NO2S2/c16-19(17,13-7-2-1-3-8-13)12-6-11-18-14-9-4-5-10-15-14/h1-5,7-10H,6,11-12H2. The third-order valence-electron chi connectivity index (χ3n) is 2.55. The Hall–Kier alpha value is -1.33. The molecule has 0 saturated carbocycles. The summed E-state index contributed by atoms with van der Waals surface area (Å²) in [4.78, 5) is 4.59. The number of hydrogen-bond donors (Lipinski definition) is 0. The number of hydrogen-bond acceptors (Lipinski definition) is 4. The number of rotatable bonds is 6. The van der Waals surface area contributed by atoms with Crippen molar-refractivity contribution in [3.05, 3.63) is 54.7 Å². The molecule has 0 radical (unpaired) electrons. The van der Waals surface area contributed by atoms with Gasteiger partial charge in [-0.15, -0.1) is 11.8 Å². The molecule has 0 atom stereocenters. The predicted octanol–water partition coefficient (Wildman–Crippen LogP) is 3.04. The molecule has 2 rings (SSSR count). The number of thioether (sulfide) groups is 1. The normalized spacial score (nSPS) is 11.4. The van der Waals surface area contributed by atoms with Crippen molar-refractivity contribution in [2.75, 3.05) is 11.5 Å². The fraction of sp³-hybridized carbons (Fsp3) is 0.214. The fourth-order valence-corrected chi connectivity index (χ4v) is 3.93. The topological polar surface area (TPSA) is 47.0 Å². The smallest absolute Gasteiger partial charge is 0.178 e. The van der Waals surface area contributed by atoms with Crippen LogP contribution in [0.4, 0.5) is 0 Å². The molecule has 5 heteroatoms. The summed E-state index contributed by atoms with van der Waals surface area (Å²) in [6.45, 7) is 0. The molecule has 0 fully saturated rings. The molecule has 19 heavy (non-hydrogen) atoms. The van der Waals surface area contributed by atoms with E-state index in [1.165, 1.54) is 0 Å². The van der Waals surface area contributed by atoms with Gasteiger partial charge in [-0.2, -0.15) is 0 Å². The molecule has 0 saturated heterocycles. The molecule has 0 amide bonds. The van der Waals surface area contributed by atoms with Crippen molar-refractivity contribution in [2.24, 2.45) is 0 Å². The monoisotopic (exact) mass is 293 g/mol. The van der Waals surface area contributed by atoms with Gasteiger partial charge in [0.25, 0.3) is 0 Å². The molecule has 1 aromatic heterocycles. The minimum absolute atomic E-state index is 0.177. The molecule has 1 aromatic carbocycles. The average molecular weight is 293 g/mol. The first-order chi connectivity index (χ1) is 9.18. The minimum atomic E-state index is -3.15. The van der Waals surface area contributed by atoms with Crippen LogP contribution in [-0.4, -0.2) is 24.9 Å². The van der Waals surface area contributed by atoms with E-state index in [2.05, 4.69) is 4.98 Å². The lowest BCUT2D eigenvalue weighted by Crippen LogP contribution is -2.07. The Morgan fingerprint density at radius 3 is 2.42 bits per heavy atom. The largest absolute Gasteiger partial charge is 0.250 e. The molecule has 0 N–H and O–H groups in total. The van der Waals surface area contributed by atoms with Crippen molar-refractivity contribution in [1.82, 2.24) is 4.98 Å². The van der Waals surface area contributed by atoms with Crippen LogP contribution in [0.25, 0.3) is 0 Å². The molecule has 0 bridgehead atoms. The SMILES string of the molecule is O=S(=O)(CCCSc1ccccn1)c1ccccc1. The van der Waals surface area contributed by atoms with Crippen molar-refractivity contribution in [2.45, 2.75) is 16.3 Å². The number of sulfone groups is 1. The summed E-state index contributed by atoms with van der Waals surface area (Å²) in [6.07, 6.45) is 2.36. The van der Waals surface area contributed by atoms with Gasteiger partial charge in [0, 0.05) is 11.9 Å². The summed E-state index contributed by atoms with van der Waals surface area (Å²) in [5.41, 5.74) is 0. The maximum absolute atomic E-state index is 12.0. The van der Waals surface area contributed by atoms with E-state index in [1.807, 2.05) is 24.3 Å². The van der Waals surface area contributed by atoms with Crippen LogP contribution in [-0.2, 0) is 9.84 Å². The van der Waals surface area contributed by atoms with Gasteiger partial charge in [-0.3, -0.25) is 0 Å². The third kappa shape index (κ3) is 4.36. The van der Waals surface area contributed by atoms with Crippen LogP contribution in [0.5, 0.6) is 0 Å². The van der Waals surface area contributed by atoms with E-state index in [0.29, 0.717) is 11.3 Å². The molecule has 2 aromatic rings. The summed E-state index contributed by atoms with van der Waals surface area (Å²) in [5, 5.41) is 0.930. The van der Waals surface area contributed by atoms with Crippen molar-refractivity contribution in [1.29, 1.82) is 0 Å². The van der Waals surface area contributed by atoms with Gasteiger partial charge in [0.15, 0.2) is 9.84 Å². The first-order valence-electron chi connectivity index (χ1n) is 6.00. The van der Waals surface area contributed by atoms with Gasteiger partial charge in [-0.25, -0.2) is 13.4 Å². The van der Waals surface area contributed by atoms with Crippen LogP contribution in [0, 0.1) is 0 Å². The molecule has 1 heterocycles. The first-order valence-corrected chi connectivity index (χ1v) is 8.64. The van der Waals surface area contributed by atoms with E-state index in [-0.39, 0.29) is 5.75 Å². The predicted molar refractivity (Wildman–Crippen MR) is 78.1 cm³/mol. The van der Waals surface area contributed by atoms with Gasteiger partial charge in [-0.05, 0) is 30.7 Å². The van der Waals surface area contributed by atoms with Crippen LogP contribution in [0.1, 0.15) is 6.42 Å². The maximum Gasteiger partial charge on any atom is 0.178 e. The molecule has 0 aliphatic rings. The Morgan fingerprint density at radius 1 is 1.00 bits per heavy atom. The zero-order valence-corrected chi connectivity index (χ0v) is 12.0. The van der Waals surface area contributed by atoms with Gasteiger partial charge in [0.1, 0.15) is 0 Å². The second-order valence-corrected chi connectivity index (χ2v) is 7.23. The highest BCUT2D eigenvalue weighted by molar-refractivity contribution is 7.99. The Bertz CT molecular complexity index is 598. The number of pyridine rings is 1. The molecule has 0 spiro atoms. The van der Waals surface area contributed by atoms with E-state index in [0.717, 1.165) is 10.8 Å². The second kappa shape index (κ2) is 6.73.